The van der Waals surface area contributed by atoms with Crippen LogP contribution < -0.4 is 10.5 Å². The van der Waals surface area contributed by atoms with Gasteiger partial charge in [-0.15, -0.1) is 0 Å². The summed E-state index contributed by atoms with van der Waals surface area (Å²) in [4.78, 5) is 12.5. The van der Waals surface area contributed by atoms with Crippen LogP contribution in [0.15, 0.2) is 18.2 Å². The molecule has 1 aromatic rings. The lowest BCUT2D eigenvalue weighted by Crippen LogP contribution is -2.25. The van der Waals surface area contributed by atoms with Gasteiger partial charge in [-0.3, -0.25) is 4.79 Å². The Morgan fingerprint density at radius 3 is 2.56 bits per heavy atom. The highest BCUT2D eigenvalue weighted by Crippen LogP contribution is 2.48. The quantitative estimate of drug-likeness (QED) is 0.814. The SMILES string of the molecule is COc1cc(C(C)C)ccc1C(=O)C1(CN)CC1. The van der Waals surface area contributed by atoms with Crippen LogP contribution in [0.2, 0.25) is 0 Å². The van der Waals surface area contributed by atoms with Gasteiger partial charge in [0.1, 0.15) is 5.75 Å². The van der Waals surface area contributed by atoms with Gasteiger partial charge in [-0.1, -0.05) is 19.9 Å². The molecule has 0 radical (unpaired) electrons. The summed E-state index contributed by atoms with van der Waals surface area (Å²) in [5.41, 5.74) is 7.25. The van der Waals surface area contributed by atoms with Gasteiger partial charge in [0.15, 0.2) is 5.78 Å². The van der Waals surface area contributed by atoms with Crippen molar-refractivity contribution in [1.82, 2.24) is 0 Å². The van der Waals surface area contributed by atoms with Gasteiger partial charge in [-0.25, -0.2) is 0 Å². The monoisotopic (exact) mass is 247 g/mol. The standard InChI is InChI=1S/C15H21NO2/c1-10(2)11-4-5-12(13(8-11)18-3)14(17)15(9-16)6-7-15/h4-5,8,10H,6-7,9,16H2,1-3H3. The number of rotatable bonds is 5. The zero-order valence-electron chi connectivity index (χ0n) is 11.3. The first-order valence-corrected chi connectivity index (χ1v) is 6.47. The largest absolute Gasteiger partial charge is 0.496 e. The fraction of sp³-hybridized carbons (Fsp3) is 0.533. The van der Waals surface area contributed by atoms with E-state index in [2.05, 4.69) is 13.8 Å². The van der Waals surface area contributed by atoms with Crippen molar-refractivity contribution in [2.24, 2.45) is 11.1 Å². The number of nitrogens with two attached hydrogens (primary N) is 1. The van der Waals surface area contributed by atoms with Gasteiger partial charge in [0.2, 0.25) is 0 Å². The van der Waals surface area contributed by atoms with Crippen molar-refractivity contribution >= 4 is 5.78 Å². The molecule has 3 heteroatoms. The summed E-state index contributed by atoms with van der Waals surface area (Å²) in [5.74, 6) is 1.23. The normalized spacial score (nSPS) is 16.7. The molecule has 1 aliphatic carbocycles. The van der Waals surface area contributed by atoms with E-state index in [4.69, 9.17) is 10.5 Å². The molecule has 0 heterocycles. The minimum Gasteiger partial charge on any atom is -0.496 e. The number of ether oxygens (including phenoxy) is 1. The third kappa shape index (κ3) is 2.15. The van der Waals surface area contributed by atoms with Crippen molar-refractivity contribution in [3.05, 3.63) is 29.3 Å². The molecular weight excluding hydrogens is 226 g/mol. The van der Waals surface area contributed by atoms with Crippen molar-refractivity contribution in [2.45, 2.75) is 32.6 Å². The fourth-order valence-corrected chi connectivity index (χ4v) is 2.21. The number of benzene rings is 1. The van der Waals surface area contributed by atoms with E-state index in [1.165, 1.54) is 5.56 Å². The predicted molar refractivity (Wildman–Crippen MR) is 72.1 cm³/mol. The van der Waals surface area contributed by atoms with Crippen LogP contribution in [0.5, 0.6) is 5.75 Å². The van der Waals surface area contributed by atoms with Crippen molar-refractivity contribution in [1.29, 1.82) is 0 Å². The Hall–Kier alpha value is -1.35. The summed E-state index contributed by atoms with van der Waals surface area (Å²) in [6.07, 6.45) is 1.80. The minimum atomic E-state index is -0.313. The van der Waals surface area contributed by atoms with E-state index in [1.807, 2.05) is 18.2 Å². The van der Waals surface area contributed by atoms with Crippen LogP contribution in [-0.2, 0) is 0 Å². The van der Waals surface area contributed by atoms with Gasteiger partial charge in [0.05, 0.1) is 12.7 Å². The van der Waals surface area contributed by atoms with Crippen LogP contribution in [0.4, 0.5) is 0 Å². The third-order valence-electron chi connectivity index (χ3n) is 3.86. The van der Waals surface area contributed by atoms with E-state index in [0.29, 0.717) is 23.8 Å². The lowest BCUT2D eigenvalue weighted by molar-refractivity contribution is 0.0902. The Labute approximate surface area is 108 Å². The van der Waals surface area contributed by atoms with E-state index >= 15 is 0 Å². The van der Waals surface area contributed by atoms with Gasteiger partial charge in [0.25, 0.3) is 0 Å². The Morgan fingerprint density at radius 2 is 2.11 bits per heavy atom. The minimum absolute atomic E-state index is 0.136. The molecule has 1 aromatic carbocycles. The number of methoxy groups -OCH3 is 1. The first-order chi connectivity index (χ1) is 8.54. The molecule has 0 spiro atoms. The van der Waals surface area contributed by atoms with Crippen molar-refractivity contribution in [3.63, 3.8) is 0 Å². The summed E-state index contributed by atoms with van der Waals surface area (Å²) < 4.78 is 5.36. The summed E-state index contributed by atoms with van der Waals surface area (Å²) in [6.45, 7) is 4.68. The Kier molecular flexibility index (Phi) is 3.44. The molecule has 2 rings (SSSR count). The summed E-state index contributed by atoms with van der Waals surface area (Å²) >= 11 is 0. The first-order valence-electron chi connectivity index (χ1n) is 6.47. The maximum atomic E-state index is 12.5. The molecule has 0 unspecified atom stereocenters. The molecule has 2 N–H and O–H groups in total. The second-order valence-corrected chi connectivity index (χ2v) is 5.43. The molecule has 1 saturated carbocycles. The van der Waals surface area contributed by atoms with Gasteiger partial charge in [-0.05, 0) is 36.5 Å². The van der Waals surface area contributed by atoms with Crippen molar-refractivity contribution in [3.8, 4) is 5.75 Å². The molecule has 1 aliphatic rings. The van der Waals surface area contributed by atoms with Crippen molar-refractivity contribution in [2.75, 3.05) is 13.7 Å². The average molecular weight is 247 g/mol. The number of carbonyl (C=O) groups excluding carboxylic acids is 1. The fourth-order valence-electron chi connectivity index (χ4n) is 2.21. The highest BCUT2D eigenvalue weighted by Gasteiger charge is 2.49. The van der Waals surface area contributed by atoms with E-state index < -0.39 is 0 Å². The number of hydrogen-bond acceptors (Lipinski definition) is 3. The molecule has 3 nitrogen and oxygen atoms in total. The maximum absolute atomic E-state index is 12.5. The highest BCUT2D eigenvalue weighted by molar-refractivity contribution is 6.04. The smallest absolute Gasteiger partial charge is 0.173 e. The van der Waals surface area contributed by atoms with E-state index in [9.17, 15) is 4.79 Å². The van der Waals surface area contributed by atoms with Gasteiger partial charge in [0, 0.05) is 12.0 Å². The molecule has 98 valence electrons. The number of ketones is 1. The Morgan fingerprint density at radius 1 is 1.44 bits per heavy atom. The molecule has 18 heavy (non-hydrogen) atoms. The van der Waals surface area contributed by atoms with Crippen LogP contribution in [0, 0.1) is 5.41 Å². The number of hydrogen-bond donors (Lipinski definition) is 1. The van der Waals surface area contributed by atoms with Crippen LogP contribution in [0.3, 0.4) is 0 Å². The molecular formula is C15H21NO2. The van der Waals surface area contributed by atoms with Gasteiger partial charge >= 0.3 is 0 Å². The third-order valence-corrected chi connectivity index (χ3v) is 3.86. The first kappa shape index (κ1) is 13.1. The number of carbonyl (C=O) groups is 1. The highest BCUT2D eigenvalue weighted by atomic mass is 16.5. The van der Waals surface area contributed by atoms with Crippen LogP contribution in [-0.4, -0.2) is 19.4 Å². The number of Topliss-reactive ketones (excluding diaryl/α,β-unsaturated/α-hetero) is 1. The second-order valence-electron chi connectivity index (χ2n) is 5.43. The van der Waals surface area contributed by atoms with E-state index in [1.54, 1.807) is 7.11 Å². The molecule has 0 atom stereocenters. The average Bonchev–Trinajstić information content (AvgIpc) is 3.18. The molecule has 0 amide bonds. The topological polar surface area (TPSA) is 52.3 Å². The second kappa shape index (κ2) is 4.73. The molecule has 0 aromatic heterocycles. The lowest BCUT2D eigenvalue weighted by Gasteiger charge is -2.16. The van der Waals surface area contributed by atoms with Crippen LogP contribution in [0.1, 0.15) is 48.5 Å². The van der Waals surface area contributed by atoms with Crippen LogP contribution in [0.25, 0.3) is 0 Å². The predicted octanol–water partition coefficient (Wildman–Crippen LogP) is 2.74. The molecule has 0 bridgehead atoms. The Balaban J connectivity index is 2.36. The van der Waals surface area contributed by atoms with Crippen LogP contribution >= 0.6 is 0 Å². The zero-order valence-corrected chi connectivity index (χ0v) is 11.3. The maximum Gasteiger partial charge on any atom is 0.173 e. The molecule has 1 fully saturated rings. The zero-order chi connectivity index (χ0) is 13.3. The molecule has 0 saturated heterocycles. The van der Waals surface area contributed by atoms with E-state index in [0.717, 1.165) is 12.8 Å². The molecule has 0 aliphatic heterocycles. The lowest BCUT2D eigenvalue weighted by atomic mass is 9.92. The summed E-state index contributed by atoms with van der Waals surface area (Å²) in [6, 6.07) is 5.85. The van der Waals surface area contributed by atoms with Gasteiger partial charge < -0.3 is 10.5 Å². The van der Waals surface area contributed by atoms with Gasteiger partial charge in [-0.2, -0.15) is 0 Å². The summed E-state index contributed by atoms with van der Waals surface area (Å²) in [7, 11) is 1.61. The van der Waals surface area contributed by atoms with Crippen molar-refractivity contribution < 1.29 is 9.53 Å². The Bertz CT molecular complexity index is 462. The summed E-state index contributed by atoms with van der Waals surface area (Å²) in [5, 5.41) is 0. The van der Waals surface area contributed by atoms with E-state index in [-0.39, 0.29) is 11.2 Å².